The summed E-state index contributed by atoms with van der Waals surface area (Å²) < 4.78 is 7.53. The molecule has 1 aromatic rings. The second kappa shape index (κ2) is 6.84. The summed E-state index contributed by atoms with van der Waals surface area (Å²) in [6, 6.07) is 6.67. The fourth-order valence-corrected chi connectivity index (χ4v) is 2.96. The summed E-state index contributed by atoms with van der Waals surface area (Å²) >= 11 is 5.94. The van der Waals surface area contributed by atoms with Crippen LogP contribution >= 0.6 is 11.6 Å². The number of imide groups is 1. The summed E-state index contributed by atoms with van der Waals surface area (Å²) in [5, 5.41) is 0.646. The van der Waals surface area contributed by atoms with Crippen LogP contribution in [0.5, 0.6) is 0 Å². The van der Waals surface area contributed by atoms with E-state index < -0.39 is 12.1 Å². The van der Waals surface area contributed by atoms with Crippen molar-refractivity contribution in [3.63, 3.8) is 0 Å². The van der Waals surface area contributed by atoms with Gasteiger partial charge >= 0.3 is 12.1 Å². The number of halogens is 1. The van der Waals surface area contributed by atoms with Gasteiger partial charge in [0.2, 0.25) is 0 Å². The van der Waals surface area contributed by atoms with E-state index in [4.69, 9.17) is 16.3 Å². The lowest BCUT2D eigenvalue weighted by Crippen LogP contribution is -2.61. The topological polar surface area (TPSA) is 65.2 Å². The number of benzene rings is 1. The summed E-state index contributed by atoms with van der Waals surface area (Å²) in [7, 11) is 3.09. The SMILES string of the molecule is CCCOC1=[N+](Cc2ccc(Cl)cc2)C2C(=O)N(C)C(=O)N(C)C2=N1. The zero-order valence-electron chi connectivity index (χ0n) is 14.4. The van der Waals surface area contributed by atoms with Crippen molar-refractivity contribution in [3.8, 4) is 0 Å². The number of rotatable bonds is 4. The van der Waals surface area contributed by atoms with Gasteiger partial charge in [0.1, 0.15) is 6.54 Å². The highest BCUT2D eigenvalue weighted by atomic mass is 35.5. The Bertz CT molecular complexity index is 773. The van der Waals surface area contributed by atoms with Crippen LogP contribution in [-0.4, -0.2) is 64.9 Å². The molecule has 2 aliphatic rings. The van der Waals surface area contributed by atoms with E-state index in [2.05, 4.69) is 4.99 Å². The third kappa shape index (κ3) is 3.11. The van der Waals surface area contributed by atoms with Gasteiger partial charge < -0.3 is 4.74 Å². The van der Waals surface area contributed by atoms with Crippen molar-refractivity contribution in [2.45, 2.75) is 25.9 Å². The molecular weight excluding hydrogens is 344 g/mol. The quantitative estimate of drug-likeness (QED) is 0.768. The smallest absolute Gasteiger partial charge is 0.428 e. The van der Waals surface area contributed by atoms with Gasteiger partial charge in [0.05, 0.1) is 6.61 Å². The highest BCUT2D eigenvalue weighted by Crippen LogP contribution is 2.21. The lowest BCUT2D eigenvalue weighted by atomic mass is 10.1. The Morgan fingerprint density at radius 2 is 1.88 bits per heavy atom. The molecule has 1 aromatic carbocycles. The van der Waals surface area contributed by atoms with Crippen LogP contribution < -0.4 is 0 Å². The fraction of sp³-hybridized carbons (Fsp3) is 0.412. The maximum Gasteiger partial charge on any atom is 0.496 e. The average Bonchev–Trinajstić information content (AvgIpc) is 2.96. The molecule has 25 heavy (non-hydrogen) atoms. The number of ether oxygens (including phenoxy) is 1. The highest BCUT2D eigenvalue weighted by Gasteiger charge is 2.53. The Morgan fingerprint density at radius 3 is 2.52 bits per heavy atom. The highest BCUT2D eigenvalue weighted by molar-refractivity contribution is 6.30. The summed E-state index contributed by atoms with van der Waals surface area (Å²) in [4.78, 5) is 31.8. The third-order valence-electron chi connectivity index (χ3n) is 4.20. The van der Waals surface area contributed by atoms with E-state index in [1.807, 2.05) is 19.1 Å². The van der Waals surface area contributed by atoms with E-state index >= 15 is 0 Å². The summed E-state index contributed by atoms with van der Waals surface area (Å²) in [5.74, 6) is 0.0825. The van der Waals surface area contributed by atoms with Crippen LogP contribution in [0.3, 0.4) is 0 Å². The number of fused-ring (bicyclic) bond motifs is 1. The molecular formula is C17H20ClN4O3+. The summed E-state index contributed by atoms with van der Waals surface area (Å²) in [6.07, 6.45) is 0.816. The maximum atomic E-state index is 12.7. The van der Waals surface area contributed by atoms with Crippen molar-refractivity contribution in [1.82, 2.24) is 9.80 Å². The predicted octanol–water partition coefficient (Wildman–Crippen LogP) is 1.94. The molecule has 0 radical (unpaired) electrons. The molecule has 3 amide bonds. The zero-order chi connectivity index (χ0) is 18.1. The Balaban J connectivity index is 1.98. The second-order valence-corrected chi connectivity index (χ2v) is 6.43. The van der Waals surface area contributed by atoms with Crippen molar-refractivity contribution in [1.29, 1.82) is 0 Å². The average molecular weight is 364 g/mol. The van der Waals surface area contributed by atoms with Crippen LogP contribution in [0.1, 0.15) is 18.9 Å². The lowest BCUT2D eigenvalue weighted by Gasteiger charge is -2.30. The van der Waals surface area contributed by atoms with E-state index in [0.29, 0.717) is 30.0 Å². The Morgan fingerprint density at radius 1 is 1.20 bits per heavy atom. The van der Waals surface area contributed by atoms with E-state index in [1.165, 1.54) is 11.9 Å². The normalized spacial score (nSPS) is 20.2. The molecule has 3 rings (SSSR count). The maximum absolute atomic E-state index is 12.7. The Hall–Kier alpha value is -2.41. The van der Waals surface area contributed by atoms with Gasteiger partial charge in [-0.3, -0.25) is 14.6 Å². The number of carbonyl (C=O) groups is 2. The minimum Gasteiger partial charge on any atom is -0.428 e. The van der Waals surface area contributed by atoms with Crippen LogP contribution in [0, 0.1) is 0 Å². The number of urea groups is 1. The lowest BCUT2D eigenvalue weighted by molar-refractivity contribution is -0.558. The largest absolute Gasteiger partial charge is 0.496 e. The van der Waals surface area contributed by atoms with Crippen LogP contribution in [0.4, 0.5) is 4.79 Å². The number of amides is 3. The van der Waals surface area contributed by atoms with Crippen LogP contribution in [0.15, 0.2) is 29.3 Å². The molecule has 0 N–H and O–H groups in total. The molecule has 1 fully saturated rings. The molecule has 2 heterocycles. The van der Waals surface area contributed by atoms with Gasteiger partial charge in [0.15, 0.2) is 0 Å². The van der Waals surface area contributed by atoms with E-state index in [0.717, 1.165) is 16.9 Å². The molecule has 0 bridgehead atoms. The van der Waals surface area contributed by atoms with Crippen molar-refractivity contribution in [3.05, 3.63) is 34.9 Å². The summed E-state index contributed by atoms with van der Waals surface area (Å²) in [5.41, 5.74) is 0.966. The molecule has 1 atom stereocenters. The number of hydrogen-bond donors (Lipinski definition) is 0. The van der Waals surface area contributed by atoms with Gasteiger partial charge in [-0.15, -0.1) is 0 Å². The number of hydrogen-bond acceptors (Lipinski definition) is 4. The first-order valence-electron chi connectivity index (χ1n) is 8.08. The zero-order valence-corrected chi connectivity index (χ0v) is 15.2. The Labute approximate surface area is 151 Å². The van der Waals surface area contributed by atoms with Gasteiger partial charge in [-0.1, -0.05) is 30.7 Å². The van der Waals surface area contributed by atoms with Crippen LogP contribution in [-0.2, 0) is 16.1 Å². The molecule has 8 heteroatoms. The number of aliphatic imine (C=N–C) groups is 1. The van der Waals surface area contributed by atoms with Gasteiger partial charge in [-0.05, 0) is 24.1 Å². The fourth-order valence-electron chi connectivity index (χ4n) is 2.83. The number of amidine groups is 2. The van der Waals surface area contributed by atoms with E-state index in [9.17, 15) is 9.59 Å². The molecule has 2 aliphatic heterocycles. The van der Waals surface area contributed by atoms with Crippen molar-refractivity contribution in [2.75, 3.05) is 20.7 Å². The minimum atomic E-state index is -0.671. The molecule has 0 aliphatic carbocycles. The molecule has 1 saturated heterocycles. The van der Waals surface area contributed by atoms with Gasteiger partial charge in [-0.25, -0.2) is 4.79 Å². The second-order valence-electron chi connectivity index (χ2n) is 6.00. The minimum absolute atomic E-state index is 0.314. The first-order valence-corrected chi connectivity index (χ1v) is 8.46. The predicted molar refractivity (Wildman–Crippen MR) is 93.8 cm³/mol. The van der Waals surface area contributed by atoms with E-state index in [-0.39, 0.29) is 5.91 Å². The first-order chi connectivity index (χ1) is 11.9. The first kappa shape index (κ1) is 17.4. The molecule has 0 saturated carbocycles. The van der Waals surface area contributed by atoms with Crippen molar-refractivity contribution < 1.29 is 18.9 Å². The van der Waals surface area contributed by atoms with Crippen LogP contribution in [0.2, 0.25) is 5.02 Å². The number of likely N-dealkylation sites (N-methyl/N-ethyl adjacent to an activating group) is 2. The van der Waals surface area contributed by atoms with Gasteiger partial charge in [0, 0.05) is 24.1 Å². The molecule has 1 unspecified atom stereocenters. The Kier molecular flexibility index (Phi) is 4.76. The summed E-state index contributed by atoms with van der Waals surface area (Å²) in [6.45, 7) is 2.90. The van der Waals surface area contributed by atoms with E-state index in [1.54, 1.807) is 23.8 Å². The molecule has 7 nitrogen and oxygen atoms in total. The standard InChI is InChI=1S/C17H20ClN4O3/c1-4-9-25-16-19-14-13(15(23)21(3)17(24)20(14)2)22(16)10-11-5-7-12(18)8-6-11/h5-8,13H,4,9-10H2,1-3H3/q+1. The monoisotopic (exact) mass is 363 g/mol. The molecule has 0 spiro atoms. The molecule has 0 aromatic heterocycles. The van der Waals surface area contributed by atoms with Crippen molar-refractivity contribution in [2.24, 2.45) is 4.99 Å². The van der Waals surface area contributed by atoms with Crippen LogP contribution in [0.25, 0.3) is 0 Å². The van der Waals surface area contributed by atoms with Gasteiger partial charge in [-0.2, -0.15) is 4.58 Å². The third-order valence-corrected chi connectivity index (χ3v) is 4.45. The number of carbonyl (C=O) groups excluding carboxylic acids is 2. The van der Waals surface area contributed by atoms with Gasteiger partial charge in [0.25, 0.3) is 17.8 Å². The van der Waals surface area contributed by atoms with Crippen molar-refractivity contribution >= 4 is 35.4 Å². The number of nitrogens with zero attached hydrogens (tertiary/aromatic N) is 4. The molecule has 132 valence electrons.